The number of hydrogen-bond acceptors (Lipinski definition) is 3. The highest BCUT2D eigenvalue weighted by atomic mass is 79.9. The summed E-state index contributed by atoms with van der Waals surface area (Å²) in [5.74, 6) is 2.12. The summed E-state index contributed by atoms with van der Waals surface area (Å²) >= 11 is 5.32. The van der Waals surface area contributed by atoms with Crippen LogP contribution in [0.5, 0.6) is 5.75 Å². The predicted octanol–water partition coefficient (Wildman–Crippen LogP) is 3.56. The van der Waals surface area contributed by atoms with Gasteiger partial charge in [0.05, 0.1) is 0 Å². The van der Waals surface area contributed by atoms with Gasteiger partial charge in [-0.2, -0.15) is 11.8 Å². The lowest BCUT2D eigenvalue weighted by molar-refractivity contribution is 0.306. The van der Waals surface area contributed by atoms with E-state index in [0.29, 0.717) is 12.6 Å². The number of hydrogen-bond donors (Lipinski definition) is 1. The minimum atomic E-state index is 0.563. The van der Waals surface area contributed by atoms with Crippen molar-refractivity contribution < 1.29 is 4.74 Å². The molecule has 0 amide bonds. The molecule has 4 heteroatoms. The highest BCUT2D eigenvalue weighted by Crippen LogP contribution is 2.17. The van der Waals surface area contributed by atoms with Crippen LogP contribution in [-0.2, 0) is 0 Å². The van der Waals surface area contributed by atoms with Crippen molar-refractivity contribution in [2.45, 2.75) is 19.4 Å². The fourth-order valence-electron chi connectivity index (χ4n) is 1.43. The van der Waals surface area contributed by atoms with Crippen LogP contribution in [0.15, 0.2) is 28.7 Å². The van der Waals surface area contributed by atoms with Crippen LogP contribution >= 0.6 is 27.7 Å². The van der Waals surface area contributed by atoms with Crippen molar-refractivity contribution in [2.24, 2.45) is 0 Å². The van der Waals surface area contributed by atoms with Crippen LogP contribution in [0.3, 0.4) is 0 Å². The van der Waals surface area contributed by atoms with E-state index in [2.05, 4.69) is 34.4 Å². The SMILES string of the molecule is CSCCC(C)NCCOc1cccc(Br)c1. The Kier molecular flexibility index (Phi) is 7.73. The van der Waals surface area contributed by atoms with Crippen molar-refractivity contribution in [1.82, 2.24) is 5.32 Å². The Morgan fingerprint density at radius 3 is 3.00 bits per heavy atom. The minimum absolute atomic E-state index is 0.563. The molecule has 1 aromatic carbocycles. The second-order valence-electron chi connectivity index (χ2n) is 3.94. The zero-order valence-electron chi connectivity index (χ0n) is 10.4. The van der Waals surface area contributed by atoms with Crippen LogP contribution < -0.4 is 10.1 Å². The number of benzene rings is 1. The normalized spacial score (nSPS) is 12.4. The molecule has 96 valence electrons. The first-order chi connectivity index (χ1) is 8.22. The third kappa shape index (κ3) is 6.96. The third-order valence-corrected chi connectivity index (χ3v) is 3.55. The molecule has 0 saturated carbocycles. The number of ether oxygens (including phenoxy) is 1. The summed E-state index contributed by atoms with van der Waals surface area (Å²) in [4.78, 5) is 0. The quantitative estimate of drug-likeness (QED) is 0.741. The maximum atomic E-state index is 5.64. The van der Waals surface area contributed by atoms with Crippen LogP contribution in [0.2, 0.25) is 0 Å². The van der Waals surface area contributed by atoms with Crippen LogP contribution in [0.1, 0.15) is 13.3 Å². The Labute approximate surface area is 117 Å². The average Bonchev–Trinajstić information content (AvgIpc) is 2.32. The van der Waals surface area contributed by atoms with Crippen LogP contribution in [0.25, 0.3) is 0 Å². The molecule has 0 spiro atoms. The molecule has 0 saturated heterocycles. The number of halogens is 1. The van der Waals surface area contributed by atoms with Gasteiger partial charge in [-0.3, -0.25) is 0 Å². The Bertz CT molecular complexity index is 322. The minimum Gasteiger partial charge on any atom is -0.492 e. The van der Waals surface area contributed by atoms with Crippen LogP contribution in [-0.4, -0.2) is 31.2 Å². The maximum Gasteiger partial charge on any atom is 0.120 e. The average molecular weight is 318 g/mol. The largest absolute Gasteiger partial charge is 0.492 e. The molecule has 0 fully saturated rings. The van der Waals surface area contributed by atoms with Crippen molar-refractivity contribution in [3.8, 4) is 5.75 Å². The van der Waals surface area contributed by atoms with E-state index < -0.39 is 0 Å². The molecular formula is C13H20BrNOS. The first-order valence-corrected chi connectivity index (χ1v) is 8.01. The fraction of sp³-hybridized carbons (Fsp3) is 0.538. The molecule has 0 aliphatic heterocycles. The Balaban J connectivity index is 2.11. The number of nitrogens with one attached hydrogen (secondary N) is 1. The van der Waals surface area contributed by atoms with Gasteiger partial charge in [0.1, 0.15) is 12.4 Å². The summed E-state index contributed by atoms with van der Waals surface area (Å²) in [6.45, 7) is 3.82. The molecular weight excluding hydrogens is 298 g/mol. The summed E-state index contributed by atoms with van der Waals surface area (Å²) in [5, 5.41) is 3.45. The standard InChI is InChI=1S/C13H20BrNOS/c1-11(6-9-17-2)15-7-8-16-13-5-3-4-12(14)10-13/h3-5,10-11,15H,6-9H2,1-2H3. The summed E-state index contributed by atoms with van der Waals surface area (Å²) in [7, 11) is 0. The van der Waals surface area contributed by atoms with Gasteiger partial charge in [0, 0.05) is 17.1 Å². The van der Waals surface area contributed by atoms with Gasteiger partial charge in [-0.05, 0) is 43.6 Å². The molecule has 0 aliphatic carbocycles. The van der Waals surface area contributed by atoms with Crippen molar-refractivity contribution >= 4 is 27.7 Å². The molecule has 0 heterocycles. The van der Waals surface area contributed by atoms with E-state index in [1.807, 2.05) is 36.0 Å². The maximum absolute atomic E-state index is 5.64. The Morgan fingerprint density at radius 2 is 2.29 bits per heavy atom. The zero-order valence-corrected chi connectivity index (χ0v) is 12.8. The Morgan fingerprint density at radius 1 is 1.47 bits per heavy atom. The highest BCUT2D eigenvalue weighted by molar-refractivity contribution is 9.10. The fourth-order valence-corrected chi connectivity index (χ4v) is 2.40. The molecule has 1 N–H and O–H groups in total. The van der Waals surface area contributed by atoms with Gasteiger partial charge in [0.15, 0.2) is 0 Å². The van der Waals surface area contributed by atoms with Crippen molar-refractivity contribution in [2.75, 3.05) is 25.2 Å². The number of rotatable bonds is 8. The van der Waals surface area contributed by atoms with Gasteiger partial charge in [-0.25, -0.2) is 0 Å². The molecule has 0 aromatic heterocycles. The van der Waals surface area contributed by atoms with E-state index in [0.717, 1.165) is 16.8 Å². The molecule has 17 heavy (non-hydrogen) atoms. The van der Waals surface area contributed by atoms with Gasteiger partial charge in [-0.1, -0.05) is 22.0 Å². The number of thioether (sulfide) groups is 1. The van der Waals surface area contributed by atoms with Gasteiger partial charge < -0.3 is 10.1 Å². The molecule has 1 rings (SSSR count). The summed E-state index contributed by atoms with van der Waals surface area (Å²) < 4.78 is 6.70. The van der Waals surface area contributed by atoms with E-state index >= 15 is 0 Å². The lowest BCUT2D eigenvalue weighted by Gasteiger charge is -2.13. The molecule has 1 unspecified atom stereocenters. The first-order valence-electron chi connectivity index (χ1n) is 5.83. The van der Waals surface area contributed by atoms with E-state index in [9.17, 15) is 0 Å². The molecule has 1 aromatic rings. The predicted molar refractivity (Wildman–Crippen MR) is 80.1 cm³/mol. The summed E-state index contributed by atoms with van der Waals surface area (Å²) in [5.41, 5.74) is 0. The van der Waals surface area contributed by atoms with Gasteiger partial charge in [0.25, 0.3) is 0 Å². The monoisotopic (exact) mass is 317 g/mol. The summed E-state index contributed by atoms with van der Waals surface area (Å²) in [6, 6.07) is 8.50. The van der Waals surface area contributed by atoms with Gasteiger partial charge >= 0.3 is 0 Å². The second kappa shape index (κ2) is 8.84. The first kappa shape index (κ1) is 14.9. The lowest BCUT2D eigenvalue weighted by Crippen LogP contribution is -2.30. The topological polar surface area (TPSA) is 21.3 Å². The smallest absolute Gasteiger partial charge is 0.120 e. The molecule has 2 nitrogen and oxygen atoms in total. The van der Waals surface area contributed by atoms with Crippen molar-refractivity contribution in [1.29, 1.82) is 0 Å². The third-order valence-electron chi connectivity index (χ3n) is 2.41. The highest BCUT2D eigenvalue weighted by Gasteiger charge is 2.00. The van der Waals surface area contributed by atoms with Crippen molar-refractivity contribution in [3.05, 3.63) is 28.7 Å². The molecule has 1 atom stereocenters. The van der Waals surface area contributed by atoms with E-state index in [1.165, 1.54) is 12.2 Å². The summed E-state index contributed by atoms with van der Waals surface area (Å²) in [6.07, 6.45) is 3.35. The molecule has 0 bridgehead atoms. The van der Waals surface area contributed by atoms with E-state index in [-0.39, 0.29) is 0 Å². The zero-order chi connectivity index (χ0) is 12.5. The van der Waals surface area contributed by atoms with Crippen LogP contribution in [0, 0.1) is 0 Å². The van der Waals surface area contributed by atoms with Crippen molar-refractivity contribution in [3.63, 3.8) is 0 Å². The van der Waals surface area contributed by atoms with E-state index in [4.69, 9.17) is 4.74 Å². The molecule has 0 radical (unpaired) electrons. The Hall–Kier alpha value is -0.190. The second-order valence-corrected chi connectivity index (χ2v) is 5.84. The van der Waals surface area contributed by atoms with E-state index in [1.54, 1.807) is 0 Å². The molecule has 0 aliphatic rings. The van der Waals surface area contributed by atoms with Gasteiger partial charge in [-0.15, -0.1) is 0 Å². The lowest BCUT2D eigenvalue weighted by atomic mass is 10.2. The van der Waals surface area contributed by atoms with Gasteiger partial charge in [0.2, 0.25) is 0 Å². The van der Waals surface area contributed by atoms with Crippen LogP contribution in [0.4, 0.5) is 0 Å².